The van der Waals surface area contributed by atoms with Gasteiger partial charge in [0.2, 0.25) is 5.91 Å². The Morgan fingerprint density at radius 1 is 1.40 bits per heavy atom. The molecule has 0 spiro atoms. The molecule has 1 fully saturated rings. The third kappa shape index (κ3) is 1.80. The first-order valence-electron chi connectivity index (χ1n) is 4.92. The number of amides is 1. The molecule has 0 radical (unpaired) electrons. The molecule has 1 atom stereocenters. The van der Waals surface area contributed by atoms with E-state index in [2.05, 4.69) is 0 Å². The zero-order valence-electron chi connectivity index (χ0n) is 8.64. The first-order valence-corrected chi connectivity index (χ1v) is 4.92. The highest BCUT2D eigenvalue weighted by atomic mass is 16.5. The second-order valence-electron chi connectivity index (χ2n) is 3.65. The van der Waals surface area contributed by atoms with E-state index < -0.39 is 0 Å². The van der Waals surface area contributed by atoms with E-state index in [1.54, 1.807) is 7.11 Å². The Kier molecular flexibility index (Phi) is 2.60. The smallest absolute Gasteiger partial charge is 0.244 e. The van der Waals surface area contributed by atoms with Crippen LogP contribution in [0.15, 0.2) is 24.3 Å². The Balaban J connectivity index is 2.19. The number of methoxy groups -OCH3 is 1. The van der Waals surface area contributed by atoms with Crippen molar-refractivity contribution in [3.05, 3.63) is 29.8 Å². The second kappa shape index (κ2) is 3.90. The van der Waals surface area contributed by atoms with E-state index in [9.17, 15) is 4.79 Å². The van der Waals surface area contributed by atoms with Crippen molar-refractivity contribution in [2.75, 3.05) is 13.7 Å². The Morgan fingerprint density at radius 3 is 2.53 bits per heavy atom. The predicted molar refractivity (Wildman–Crippen MR) is 56.3 cm³/mol. The fourth-order valence-electron chi connectivity index (χ4n) is 1.85. The molecule has 1 amide bonds. The van der Waals surface area contributed by atoms with Gasteiger partial charge >= 0.3 is 0 Å². The number of rotatable bonds is 2. The number of benzene rings is 1. The number of nitrogens with zero attached hydrogens (tertiary/aromatic N) is 1. The van der Waals surface area contributed by atoms with Gasteiger partial charge in [-0.05, 0) is 24.1 Å². The van der Waals surface area contributed by atoms with Crippen LogP contribution in [0.5, 0.6) is 5.75 Å². The summed E-state index contributed by atoms with van der Waals surface area (Å²) >= 11 is 0. The molecular formula is C11H14N2O2. The molecule has 0 aliphatic carbocycles. The average Bonchev–Trinajstić information content (AvgIpc) is 2.60. The quantitative estimate of drug-likeness (QED) is 0.577. The van der Waals surface area contributed by atoms with Gasteiger partial charge in [-0.25, -0.2) is 5.84 Å². The Hall–Kier alpha value is -1.55. The van der Waals surface area contributed by atoms with Crippen LogP contribution in [0.25, 0.3) is 0 Å². The number of hydrazine groups is 1. The number of nitrogens with two attached hydrogens (primary N) is 1. The Bertz CT molecular complexity index is 361. The average molecular weight is 206 g/mol. The van der Waals surface area contributed by atoms with E-state index in [0.717, 1.165) is 17.7 Å². The molecule has 4 heteroatoms. The molecule has 2 N–H and O–H groups in total. The summed E-state index contributed by atoms with van der Waals surface area (Å²) in [5.74, 6) is 6.24. The minimum Gasteiger partial charge on any atom is -0.497 e. The predicted octanol–water partition coefficient (Wildman–Crippen LogP) is 0.885. The number of ether oxygens (including phenoxy) is 1. The van der Waals surface area contributed by atoms with Gasteiger partial charge in [-0.1, -0.05) is 12.1 Å². The molecule has 4 nitrogen and oxygen atoms in total. The van der Waals surface area contributed by atoms with Gasteiger partial charge in [0.05, 0.1) is 13.0 Å². The van der Waals surface area contributed by atoms with Gasteiger partial charge in [0, 0.05) is 6.54 Å². The van der Waals surface area contributed by atoms with Gasteiger partial charge in [0.25, 0.3) is 0 Å². The van der Waals surface area contributed by atoms with Gasteiger partial charge in [-0.15, -0.1) is 0 Å². The fraction of sp³-hybridized carbons (Fsp3) is 0.364. The molecule has 80 valence electrons. The third-order valence-electron chi connectivity index (χ3n) is 2.76. The molecule has 1 aromatic rings. The molecule has 0 bridgehead atoms. The lowest BCUT2D eigenvalue weighted by Crippen LogP contribution is -2.33. The van der Waals surface area contributed by atoms with E-state index in [1.807, 2.05) is 24.3 Å². The van der Waals surface area contributed by atoms with Gasteiger partial charge in [-0.2, -0.15) is 0 Å². The van der Waals surface area contributed by atoms with Gasteiger partial charge in [0.15, 0.2) is 0 Å². The van der Waals surface area contributed by atoms with E-state index in [1.165, 1.54) is 5.01 Å². The molecule has 1 aliphatic heterocycles. The standard InChI is InChI=1S/C11H14N2O2/c1-15-9-4-2-8(3-5-9)10-6-7-13(12)11(10)14/h2-5,10H,6-7,12H2,1H3. The number of hydrogen-bond donors (Lipinski definition) is 1. The van der Waals surface area contributed by atoms with Crippen LogP contribution >= 0.6 is 0 Å². The molecular weight excluding hydrogens is 192 g/mol. The summed E-state index contributed by atoms with van der Waals surface area (Å²) in [6.45, 7) is 0.634. The van der Waals surface area contributed by atoms with Crippen LogP contribution in [-0.2, 0) is 4.79 Å². The lowest BCUT2D eigenvalue weighted by molar-refractivity contribution is -0.129. The minimum absolute atomic E-state index is 0.000154. The summed E-state index contributed by atoms with van der Waals surface area (Å²) in [7, 11) is 1.62. The van der Waals surface area contributed by atoms with Crippen molar-refractivity contribution in [3.63, 3.8) is 0 Å². The summed E-state index contributed by atoms with van der Waals surface area (Å²) in [5, 5.41) is 1.29. The van der Waals surface area contributed by atoms with Crippen LogP contribution in [0.2, 0.25) is 0 Å². The van der Waals surface area contributed by atoms with Gasteiger partial charge in [0.1, 0.15) is 5.75 Å². The lowest BCUT2D eigenvalue weighted by Gasteiger charge is -2.10. The van der Waals surface area contributed by atoms with Crippen LogP contribution in [0.1, 0.15) is 17.9 Å². The summed E-state index contributed by atoms with van der Waals surface area (Å²) in [5.41, 5.74) is 1.01. The highest BCUT2D eigenvalue weighted by Gasteiger charge is 2.30. The largest absolute Gasteiger partial charge is 0.497 e. The van der Waals surface area contributed by atoms with Crippen molar-refractivity contribution in [1.29, 1.82) is 0 Å². The van der Waals surface area contributed by atoms with Crippen molar-refractivity contribution in [2.24, 2.45) is 5.84 Å². The van der Waals surface area contributed by atoms with Crippen molar-refractivity contribution >= 4 is 5.91 Å². The van der Waals surface area contributed by atoms with Crippen molar-refractivity contribution in [2.45, 2.75) is 12.3 Å². The number of carbonyl (C=O) groups excluding carboxylic acids is 1. The normalized spacial score (nSPS) is 20.8. The van der Waals surface area contributed by atoms with Crippen LogP contribution in [0, 0.1) is 0 Å². The summed E-state index contributed by atoms with van der Waals surface area (Å²) in [6, 6.07) is 7.56. The van der Waals surface area contributed by atoms with Crippen molar-refractivity contribution in [1.82, 2.24) is 5.01 Å². The molecule has 1 aromatic carbocycles. The third-order valence-corrected chi connectivity index (χ3v) is 2.76. The maximum absolute atomic E-state index is 11.6. The fourth-order valence-corrected chi connectivity index (χ4v) is 1.85. The van der Waals surface area contributed by atoms with E-state index in [-0.39, 0.29) is 11.8 Å². The molecule has 1 saturated heterocycles. The lowest BCUT2D eigenvalue weighted by atomic mass is 9.98. The molecule has 1 heterocycles. The topological polar surface area (TPSA) is 55.6 Å². The second-order valence-corrected chi connectivity index (χ2v) is 3.65. The summed E-state index contributed by atoms with van der Waals surface area (Å²) in [6.07, 6.45) is 0.793. The molecule has 15 heavy (non-hydrogen) atoms. The first kappa shape index (κ1) is 9.98. The summed E-state index contributed by atoms with van der Waals surface area (Å²) < 4.78 is 5.06. The van der Waals surface area contributed by atoms with Crippen LogP contribution in [0.4, 0.5) is 0 Å². The van der Waals surface area contributed by atoms with Crippen LogP contribution in [0.3, 0.4) is 0 Å². The van der Waals surface area contributed by atoms with Crippen molar-refractivity contribution < 1.29 is 9.53 Å². The highest BCUT2D eigenvalue weighted by Crippen LogP contribution is 2.27. The number of carbonyl (C=O) groups is 1. The monoisotopic (exact) mass is 206 g/mol. The molecule has 2 rings (SSSR count). The molecule has 1 aliphatic rings. The Labute approximate surface area is 88.6 Å². The Morgan fingerprint density at radius 2 is 2.07 bits per heavy atom. The molecule has 0 saturated carbocycles. The first-order chi connectivity index (χ1) is 7.22. The molecule has 1 unspecified atom stereocenters. The maximum Gasteiger partial charge on any atom is 0.244 e. The minimum atomic E-state index is -0.0825. The van der Waals surface area contributed by atoms with E-state index >= 15 is 0 Å². The van der Waals surface area contributed by atoms with Crippen LogP contribution < -0.4 is 10.6 Å². The van der Waals surface area contributed by atoms with E-state index in [4.69, 9.17) is 10.6 Å². The maximum atomic E-state index is 11.6. The summed E-state index contributed by atoms with van der Waals surface area (Å²) in [4.78, 5) is 11.6. The SMILES string of the molecule is COc1ccc(C2CCN(N)C2=O)cc1. The van der Waals surface area contributed by atoms with E-state index in [0.29, 0.717) is 6.54 Å². The molecule has 0 aromatic heterocycles. The zero-order chi connectivity index (χ0) is 10.8. The number of hydrogen-bond acceptors (Lipinski definition) is 3. The van der Waals surface area contributed by atoms with Gasteiger partial charge in [-0.3, -0.25) is 9.80 Å². The van der Waals surface area contributed by atoms with Gasteiger partial charge < -0.3 is 4.74 Å². The zero-order valence-corrected chi connectivity index (χ0v) is 8.64. The highest BCUT2D eigenvalue weighted by molar-refractivity contribution is 5.85. The van der Waals surface area contributed by atoms with Crippen molar-refractivity contribution in [3.8, 4) is 5.75 Å². The van der Waals surface area contributed by atoms with Crippen LogP contribution in [-0.4, -0.2) is 24.6 Å².